The number of carboxylic acid groups (broad SMARTS) is 1. The van der Waals surface area contributed by atoms with Crippen LogP contribution in [-0.2, 0) is 11.2 Å². The van der Waals surface area contributed by atoms with Gasteiger partial charge in [-0.3, -0.25) is 4.79 Å². The topological polar surface area (TPSA) is 89.8 Å². The van der Waals surface area contributed by atoms with E-state index >= 15 is 0 Å². The largest absolute Gasteiger partial charge is 0.507 e. The quantitative estimate of drug-likeness (QED) is 0.491. The standard InChI is InChI=1S/C20H27NO2S.C2H4O2/c1-20(2,12-11-15-7-5-4-6-8-15)21-14-18(23)16-9-10-17(22)19(13-16)24-3;1-2(3)4/h4-10,13,18,21-23H,11-12,14H2,1-3H3;1H3,(H,3,4). The van der Waals surface area contributed by atoms with Crippen molar-refractivity contribution in [1.82, 2.24) is 5.32 Å². The van der Waals surface area contributed by atoms with E-state index < -0.39 is 12.1 Å². The Bertz CT molecular complexity index is 731. The van der Waals surface area contributed by atoms with Gasteiger partial charge in [-0.2, -0.15) is 0 Å². The molecule has 1 unspecified atom stereocenters. The van der Waals surface area contributed by atoms with E-state index in [4.69, 9.17) is 9.90 Å². The first-order valence-electron chi connectivity index (χ1n) is 9.18. The second-order valence-electron chi connectivity index (χ2n) is 7.22. The number of phenolic OH excluding ortho intramolecular Hbond substituents is 1. The number of carbonyl (C=O) groups is 1. The SMILES string of the molecule is CC(=O)O.CSc1cc(C(O)CNC(C)(C)CCc2ccccc2)ccc1O. The zero-order valence-electron chi connectivity index (χ0n) is 17.0. The smallest absolute Gasteiger partial charge is 0.300 e. The average molecular weight is 406 g/mol. The maximum absolute atomic E-state index is 10.4. The number of hydrogen-bond acceptors (Lipinski definition) is 5. The zero-order valence-corrected chi connectivity index (χ0v) is 17.8. The highest BCUT2D eigenvalue weighted by Crippen LogP contribution is 2.29. The van der Waals surface area contributed by atoms with Crippen LogP contribution in [0.5, 0.6) is 5.75 Å². The van der Waals surface area contributed by atoms with E-state index in [1.54, 1.807) is 12.1 Å². The number of rotatable bonds is 8. The Morgan fingerprint density at radius 1 is 1.18 bits per heavy atom. The van der Waals surface area contributed by atoms with Crippen LogP contribution in [0.1, 0.15) is 44.4 Å². The number of thioether (sulfide) groups is 1. The number of aliphatic hydroxyl groups is 1. The Hall–Kier alpha value is -2.02. The Morgan fingerprint density at radius 2 is 1.79 bits per heavy atom. The highest BCUT2D eigenvalue weighted by molar-refractivity contribution is 7.98. The van der Waals surface area contributed by atoms with E-state index in [2.05, 4.69) is 43.4 Å². The maximum Gasteiger partial charge on any atom is 0.300 e. The lowest BCUT2D eigenvalue weighted by molar-refractivity contribution is -0.134. The summed E-state index contributed by atoms with van der Waals surface area (Å²) in [7, 11) is 0. The van der Waals surface area contributed by atoms with Gasteiger partial charge in [-0.1, -0.05) is 36.4 Å². The highest BCUT2D eigenvalue weighted by atomic mass is 32.2. The summed E-state index contributed by atoms with van der Waals surface area (Å²) < 4.78 is 0. The summed E-state index contributed by atoms with van der Waals surface area (Å²) in [6.45, 7) is 5.89. The molecule has 5 nitrogen and oxygen atoms in total. The molecule has 0 heterocycles. The van der Waals surface area contributed by atoms with E-state index in [9.17, 15) is 10.2 Å². The van der Waals surface area contributed by atoms with Gasteiger partial charge < -0.3 is 20.6 Å². The molecule has 1 atom stereocenters. The van der Waals surface area contributed by atoms with Crippen molar-refractivity contribution in [1.29, 1.82) is 0 Å². The summed E-state index contributed by atoms with van der Waals surface area (Å²) in [6, 6.07) is 15.7. The molecular weight excluding hydrogens is 374 g/mol. The molecule has 2 rings (SSSR count). The molecule has 0 saturated heterocycles. The van der Waals surface area contributed by atoms with Crippen LogP contribution in [0.3, 0.4) is 0 Å². The van der Waals surface area contributed by atoms with Crippen LogP contribution in [0, 0.1) is 0 Å². The molecule has 0 spiro atoms. The second-order valence-corrected chi connectivity index (χ2v) is 8.06. The highest BCUT2D eigenvalue weighted by Gasteiger charge is 2.19. The maximum atomic E-state index is 10.4. The first kappa shape index (κ1) is 24.0. The van der Waals surface area contributed by atoms with E-state index in [1.165, 1.54) is 17.3 Å². The van der Waals surface area contributed by atoms with Gasteiger partial charge >= 0.3 is 0 Å². The third-order valence-corrected chi connectivity index (χ3v) is 5.01. The molecule has 6 heteroatoms. The first-order valence-corrected chi connectivity index (χ1v) is 10.4. The number of aryl methyl sites for hydroxylation is 1. The van der Waals surface area contributed by atoms with E-state index in [-0.39, 0.29) is 11.3 Å². The molecule has 0 radical (unpaired) electrons. The van der Waals surface area contributed by atoms with Gasteiger partial charge in [-0.15, -0.1) is 11.8 Å². The minimum Gasteiger partial charge on any atom is -0.507 e. The second kappa shape index (κ2) is 11.7. The van der Waals surface area contributed by atoms with Crippen molar-refractivity contribution >= 4 is 17.7 Å². The van der Waals surface area contributed by atoms with Gasteiger partial charge in [0.05, 0.1) is 6.10 Å². The molecule has 0 saturated carbocycles. The number of benzene rings is 2. The minimum absolute atomic E-state index is 0.0594. The number of carboxylic acids is 1. The van der Waals surface area contributed by atoms with Crippen LogP contribution in [0.2, 0.25) is 0 Å². The van der Waals surface area contributed by atoms with Crippen LogP contribution < -0.4 is 5.32 Å². The average Bonchev–Trinajstić information content (AvgIpc) is 2.65. The number of aliphatic carboxylic acids is 1. The van der Waals surface area contributed by atoms with Crippen LogP contribution in [0.25, 0.3) is 0 Å². The fourth-order valence-corrected chi connectivity index (χ4v) is 3.11. The Labute approximate surface area is 171 Å². The molecule has 0 fully saturated rings. The number of aromatic hydroxyl groups is 1. The van der Waals surface area contributed by atoms with Gasteiger partial charge in [0.1, 0.15) is 5.75 Å². The van der Waals surface area contributed by atoms with E-state index in [1.807, 2.05) is 18.4 Å². The fraction of sp³-hybridized carbons (Fsp3) is 0.409. The lowest BCUT2D eigenvalue weighted by Crippen LogP contribution is -2.42. The van der Waals surface area contributed by atoms with Crippen molar-refractivity contribution in [2.45, 2.75) is 50.2 Å². The number of aliphatic hydroxyl groups excluding tert-OH is 1. The van der Waals surface area contributed by atoms with Gasteiger partial charge in [0, 0.05) is 23.9 Å². The van der Waals surface area contributed by atoms with Crippen molar-refractivity contribution in [2.75, 3.05) is 12.8 Å². The molecule has 0 aromatic heterocycles. The third-order valence-electron chi connectivity index (χ3n) is 4.24. The van der Waals surface area contributed by atoms with Gasteiger partial charge in [0.25, 0.3) is 5.97 Å². The summed E-state index contributed by atoms with van der Waals surface area (Å²) in [6.07, 6.45) is 3.32. The van der Waals surface area contributed by atoms with Crippen LogP contribution >= 0.6 is 11.8 Å². The lowest BCUT2D eigenvalue weighted by atomic mass is 9.94. The van der Waals surface area contributed by atoms with Gasteiger partial charge in [-0.25, -0.2) is 0 Å². The normalized spacial score (nSPS) is 12.0. The van der Waals surface area contributed by atoms with Crippen molar-refractivity contribution in [3.05, 3.63) is 59.7 Å². The summed E-state index contributed by atoms with van der Waals surface area (Å²) >= 11 is 1.47. The number of nitrogens with one attached hydrogen (secondary N) is 1. The van der Waals surface area contributed by atoms with Crippen molar-refractivity contribution < 1.29 is 20.1 Å². The molecule has 4 N–H and O–H groups in total. The summed E-state index contributed by atoms with van der Waals surface area (Å²) in [4.78, 5) is 9.79. The zero-order chi connectivity index (χ0) is 21.2. The molecule has 28 heavy (non-hydrogen) atoms. The number of β-amino-alcohol motifs (C(OH)–C–C–N with tert-alkyl or cyclic N) is 1. The van der Waals surface area contributed by atoms with Gasteiger partial charge in [-0.05, 0) is 56.2 Å². The van der Waals surface area contributed by atoms with Gasteiger partial charge in [0.2, 0.25) is 0 Å². The Balaban J connectivity index is 0.000000892. The van der Waals surface area contributed by atoms with Crippen LogP contribution in [-0.4, -0.2) is 39.6 Å². The summed E-state index contributed by atoms with van der Waals surface area (Å²) in [5.74, 6) is -0.574. The molecule has 2 aromatic rings. The van der Waals surface area contributed by atoms with E-state index in [0.717, 1.165) is 30.2 Å². The lowest BCUT2D eigenvalue weighted by Gasteiger charge is -2.28. The van der Waals surface area contributed by atoms with Crippen molar-refractivity contribution in [3.63, 3.8) is 0 Å². The molecule has 0 bridgehead atoms. The first-order chi connectivity index (χ1) is 13.1. The third kappa shape index (κ3) is 9.26. The molecule has 2 aromatic carbocycles. The predicted molar refractivity (Wildman–Crippen MR) is 115 cm³/mol. The fourth-order valence-electron chi connectivity index (χ4n) is 2.58. The van der Waals surface area contributed by atoms with Crippen LogP contribution in [0.15, 0.2) is 53.4 Å². The van der Waals surface area contributed by atoms with Gasteiger partial charge in [0.15, 0.2) is 0 Å². The molecular formula is C22H31NO4S. The predicted octanol–water partition coefficient (Wildman–Crippen LogP) is 4.24. The van der Waals surface area contributed by atoms with Crippen LogP contribution in [0.4, 0.5) is 0 Å². The molecule has 154 valence electrons. The summed E-state index contributed by atoms with van der Waals surface area (Å²) in [5.41, 5.74) is 2.09. The molecule has 0 aliphatic heterocycles. The minimum atomic E-state index is -0.833. The van der Waals surface area contributed by atoms with Crippen molar-refractivity contribution in [2.24, 2.45) is 0 Å². The Morgan fingerprint density at radius 3 is 2.36 bits per heavy atom. The summed E-state index contributed by atoms with van der Waals surface area (Å²) in [5, 5.41) is 31.0. The number of phenols is 1. The molecule has 0 aliphatic rings. The monoisotopic (exact) mass is 405 g/mol. The van der Waals surface area contributed by atoms with E-state index in [0.29, 0.717) is 6.54 Å². The molecule has 0 amide bonds. The Kier molecular flexibility index (Phi) is 10.1. The van der Waals surface area contributed by atoms with Crippen molar-refractivity contribution in [3.8, 4) is 5.75 Å². The number of hydrogen-bond donors (Lipinski definition) is 4. The molecule has 0 aliphatic carbocycles.